The molecule has 0 bridgehead atoms. The Balaban J connectivity index is 1.00. The van der Waals surface area contributed by atoms with Crippen molar-refractivity contribution in [3.8, 4) is 71.0 Å². The van der Waals surface area contributed by atoms with Crippen molar-refractivity contribution in [3.63, 3.8) is 0 Å². The second-order valence-electron chi connectivity index (χ2n) is 22.1. The number of unbranched alkanes of at least 4 members (excludes halogenated alkanes) is 8. The third kappa shape index (κ3) is 11.5. The molecule has 0 amide bonds. The van der Waals surface area contributed by atoms with Crippen molar-refractivity contribution in [2.45, 2.75) is 169 Å². The van der Waals surface area contributed by atoms with Crippen LogP contribution in [0.1, 0.15) is 154 Å². The number of benzene rings is 2. The number of hydrogen-bond donors (Lipinski definition) is 0. The molecule has 0 N–H and O–H groups in total. The van der Waals surface area contributed by atoms with E-state index in [1.165, 1.54) is 92.6 Å². The number of fused-ring (bicyclic) bond motifs is 5. The van der Waals surface area contributed by atoms with Gasteiger partial charge in [0.1, 0.15) is 36.0 Å². The molecule has 0 fully saturated rings. The number of hydrogen-bond acceptors (Lipinski definition) is 12. The molecule has 10 aromatic rings. The highest BCUT2D eigenvalue weighted by atomic mass is 32.1. The molecule has 1 aliphatic rings. The fraction of sp³-hybridized carbons (Fsp3) is 0.438. The summed E-state index contributed by atoms with van der Waals surface area (Å²) >= 11 is 12.2. The number of nitrogens with zero attached hydrogens (tertiary/aromatic N) is 4. The molecule has 80 heavy (non-hydrogen) atoms. The maximum atomic E-state index is 17.5. The van der Waals surface area contributed by atoms with Crippen LogP contribution in [0.25, 0.3) is 93.1 Å². The third-order valence-corrected chi connectivity index (χ3v) is 30.9. The van der Waals surface area contributed by atoms with Gasteiger partial charge in [0.15, 0.2) is 11.6 Å². The second kappa shape index (κ2) is 26.1. The van der Waals surface area contributed by atoms with Crippen molar-refractivity contribution < 1.29 is 13.2 Å². The van der Waals surface area contributed by atoms with Crippen LogP contribution >= 0.6 is 91.5 Å². The van der Waals surface area contributed by atoms with Crippen LogP contribution in [0.5, 0.6) is 0 Å². The molecule has 16 heteroatoms. The molecule has 4 nitrogen and oxygen atoms in total. The van der Waals surface area contributed by atoms with Gasteiger partial charge in [0.2, 0.25) is 0 Å². The monoisotopic (exact) mass is 1240 g/mol. The standard InChI is InChI=1S/C64H71F3N4S8Si/c1-7-13-17-19-23-40-25-27-45(72-40)47-30-29-44(74-47)42-33-43(65)54(60-59(42)68-78-69-60)50-34-52-63(76-50)64-53(80(52,36-38(11-5)21-15-9-3)37-39(12-6)22-16-10-4)35-51(77-64)56-58(67)57(66)55(61-62(56)71-79-70-61)49-32-31-48(75-49)46-28-26-41(73-46)24-20-18-14-8-2/h25-35,38-39H,7-24,36-37H2,1-6H3. The highest BCUT2D eigenvalue weighted by molar-refractivity contribution is 7.32. The van der Waals surface area contributed by atoms with Crippen LogP contribution in [-0.4, -0.2) is 25.6 Å². The van der Waals surface area contributed by atoms with Gasteiger partial charge in [0.25, 0.3) is 0 Å². The minimum absolute atomic E-state index is 0.184. The summed E-state index contributed by atoms with van der Waals surface area (Å²) in [5.74, 6) is -1.06. The summed E-state index contributed by atoms with van der Waals surface area (Å²) in [6.45, 7) is 13.7. The molecule has 0 aliphatic carbocycles. The smallest absolute Gasteiger partial charge is 0.170 e. The van der Waals surface area contributed by atoms with Gasteiger partial charge in [-0.25, -0.2) is 13.2 Å². The first-order valence-corrected chi connectivity index (χ1v) is 38.1. The fourth-order valence-electron chi connectivity index (χ4n) is 12.3. The van der Waals surface area contributed by atoms with Gasteiger partial charge in [-0.3, -0.25) is 0 Å². The summed E-state index contributed by atoms with van der Waals surface area (Å²) in [6, 6.07) is 25.5. The Kier molecular flexibility index (Phi) is 18.9. The summed E-state index contributed by atoms with van der Waals surface area (Å²) < 4.78 is 71.6. The van der Waals surface area contributed by atoms with E-state index in [1.54, 1.807) is 51.4 Å². The van der Waals surface area contributed by atoms with Crippen LogP contribution in [0.15, 0.2) is 66.7 Å². The average molecular weight is 1240 g/mol. The maximum absolute atomic E-state index is 17.5. The first-order chi connectivity index (χ1) is 39.1. The first-order valence-electron chi connectivity index (χ1n) is 29.4. The Morgan fingerprint density at radius 2 is 0.838 bits per heavy atom. The molecule has 8 aromatic heterocycles. The van der Waals surface area contributed by atoms with Gasteiger partial charge in [-0.05, 0) is 127 Å². The summed E-state index contributed by atoms with van der Waals surface area (Å²) in [5, 5.41) is 2.71. The van der Waals surface area contributed by atoms with Gasteiger partial charge < -0.3 is 0 Å². The van der Waals surface area contributed by atoms with E-state index in [2.05, 4.69) is 90.1 Å². The summed E-state index contributed by atoms with van der Waals surface area (Å²) in [4.78, 5) is 12.8. The zero-order valence-corrected chi connectivity index (χ0v) is 54.4. The number of halogens is 3. The van der Waals surface area contributed by atoms with Crippen LogP contribution in [-0.2, 0) is 12.8 Å². The van der Waals surface area contributed by atoms with Crippen molar-refractivity contribution in [1.82, 2.24) is 17.5 Å². The van der Waals surface area contributed by atoms with Crippen LogP contribution in [0, 0.1) is 29.3 Å². The lowest BCUT2D eigenvalue weighted by Gasteiger charge is -2.35. The van der Waals surface area contributed by atoms with Gasteiger partial charge in [-0.2, -0.15) is 17.5 Å². The minimum atomic E-state index is -2.70. The molecule has 1 aliphatic heterocycles. The Morgan fingerprint density at radius 3 is 1.35 bits per heavy atom. The van der Waals surface area contributed by atoms with Crippen LogP contribution in [0.3, 0.4) is 0 Å². The van der Waals surface area contributed by atoms with Crippen molar-refractivity contribution in [2.75, 3.05) is 0 Å². The highest BCUT2D eigenvalue weighted by Crippen LogP contribution is 2.53. The minimum Gasteiger partial charge on any atom is -0.206 e. The quantitative estimate of drug-likeness (QED) is 0.0362. The summed E-state index contributed by atoms with van der Waals surface area (Å²) in [6.07, 6.45) is 21.0. The van der Waals surface area contributed by atoms with Gasteiger partial charge >= 0.3 is 0 Å². The van der Waals surface area contributed by atoms with Crippen LogP contribution in [0.2, 0.25) is 12.1 Å². The molecule has 420 valence electrons. The highest BCUT2D eigenvalue weighted by Gasteiger charge is 2.50. The van der Waals surface area contributed by atoms with Crippen LogP contribution in [0.4, 0.5) is 13.2 Å². The van der Waals surface area contributed by atoms with E-state index in [9.17, 15) is 0 Å². The summed E-state index contributed by atoms with van der Waals surface area (Å²) in [7, 11) is -2.70. The molecular weight excluding hydrogens is 1170 g/mol. The Hall–Kier alpha value is -3.71. The maximum Gasteiger partial charge on any atom is 0.170 e. The molecule has 0 spiro atoms. The lowest BCUT2D eigenvalue weighted by atomic mass is 10.0. The summed E-state index contributed by atoms with van der Waals surface area (Å²) in [5.41, 5.74) is 3.80. The zero-order valence-electron chi connectivity index (χ0n) is 46.8. The van der Waals surface area contributed by atoms with E-state index in [0.29, 0.717) is 43.7 Å². The zero-order chi connectivity index (χ0) is 55.5. The number of aryl methyl sites for hydroxylation is 2. The second-order valence-corrected chi connectivity index (χ2v) is 33.8. The normalized spacial score (nSPS) is 15.0. The van der Waals surface area contributed by atoms with Gasteiger partial charge in [0.05, 0.1) is 40.1 Å². The molecule has 0 radical (unpaired) electrons. The molecule has 2 aromatic carbocycles. The first kappa shape index (κ1) is 58.1. The molecule has 2 atom stereocenters. The van der Waals surface area contributed by atoms with E-state index in [4.69, 9.17) is 17.5 Å². The fourth-order valence-corrected chi connectivity index (χ4v) is 28.3. The Bertz CT molecular complexity index is 3700. The molecule has 2 unspecified atom stereocenters. The topological polar surface area (TPSA) is 51.6 Å². The predicted octanol–water partition coefficient (Wildman–Crippen LogP) is 22.7. The number of rotatable bonds is 28. The molecular formula is C64H71F3N4S8Si. The Morgan fingerprint density at radius 1 is 0.412 bits per heavy atom. The van der Waals surface area contributed by atoms with Crippen LogP contribution < -0.4 is 10.4 Å². The molecule has 0 saturated carbocycles. The third-order valence-electron chi connectivity index (χ3n) is 16.7. The lowest BCUT2D eigenvalue weighted by Crippen LogP contribution is -2.56. The number of aromatic nitrogens is 4. The molecule has 9 heterocycles. The molecule has 11 rings (SSSR count). The van der Waals surface area contributed by atoms with E-state index in [1.807, 2.05) is 23.5 Å². The average Bonchev–Trinajstić information content (AvgIpc) is 4.50. The van der Waals surface area contributed by atoms with Gasteiger partial charge in [-0.1, -0.05) is 131 Å². The van der Waals surface area contributed by atoms with Crippen molar-refractivity contribution in [1.29, 1.82) is 0 Å². The SMILES string of the molecule is CCCCCCc1ccc(-c2ccc(-c3cc(F)c(-c4cc5c(s4)-c4sc(-c6c(F)c(F)c(-c7ccc(-c8ccc(CCCCCC)s8)s7)c7nsnc67)cc4[Si]5(CC(CC)CCCC)CC(CC)CCCC)c4nsnc34)s2)s1. The van der Waals surface area contributed by atoms with Crippen molar-refractivity contribution >= 4 is 132 Å². The van der Waals surface area contributed by atoms with E-state index < -0.39 is 19.7 Å². The van der Waals surface area contributed by atoms with Gasteiger partial charge in [0, 0.05) is 64.1 Å². The molecule has 0 saturated heterocycles. The van der Waals surface area contributed by atoms with Gasteiger partial charge in [-0.15, -0.1) is 68.0 Å². The van der Waals surface area contributed by atoms with E-state index in [-0.39, 0.29) is 16.9 Å². The van der Waals surface area contributed by atoms with E-state index >= 15 is 13.2 Å². The van der Waals surface area contributed by atoms with Crippen molar-refractivity contribution in [3.05, 3.63) is 93.9 Å². The largest absolute Gasteiger partial charge is 0.206 e. The lowest BCUT2D eigenvalue weighted by molar-refractivity contribution is 0.469. The Labute approximate surface area is 504 Å². The number of thiophene rings is 6. The van der Waals surface area contributed by atoms with Crippen molar-refractivity contribution in [2.24, 2.45) is 11.8 Å². The predicted molar refractivity (Wildman–Crippen MR) is 351 cm³/mol. The van der Waals surface area contributed by atoms with E-state index in [0.717, 1.165) is 140 Å².